The van der Waals surface area contributed by atoms with Gasteiger partial charge in [0.05, 0.1) is 26.5 Å². The van der Waals surface area contributed by atoms with Gasteiger partial charge in [-0.15, -0.1) is 0 Å². The lowest BCUT2D eigenvalue weighted by molar-refractivity contribution is 0.307. The number of hydrogen-bond acceptors (Lipinski definition) is 8. The van der Waals surface area contributed by atoms with Crippen LogP contribution in [0, 0.1) is 17.5 Å². The van der Waals surface area contributed by atoms with E-state index in [1.54, 1.807) is 24.3 Å². The second-order valence-electron chi connectivity index (χ2n) is 8.26. The molecule has 0 radical (unpaired) electrons. The summed E-state index contributed by atoms with van der Waals surface area (Å²) in [6.07, 6.45) is 0.655. The zero-order valence-electron chi connectivity index (χ0n) is 20.3. The molecular weight excluding hydrogens is 549 g/mol. The summed E-state index contributed by atoms with van der Waals surface area (Å²) in [5, 5.41) is -0.880. The van der Waals surface area contributed by atoms with Gasteiger partial charge >= 0.3 is 10.2 Å². The predicted octanol–water partition coefficient (Wildman–Crippen LogP) is 2.84. The predicted molar refractivity (Wildman–Crippen MR) is 130 cm³/mol. The monoisotopic (exact) mass is 572 g/mol. The molecule has 38 heavy (non-hydrogen) atoms. The SMILES string of the molecule is COc1ccc(CN(c2cc(OC)nc(S(=O)(=O)Cc3ccc(F)c(F)c3F)n2)S(=O)(=O)N2CCC2)cc1. The number of ether oxygens (including phenoxy) is 2. The van der Waals surface area contributed by atoms with E-state index in [2.05, 4.69) is 9.97 Å². The zero-order chi connectivity index (χ0) is 27.7. The maximum atomic E-state index is 14.2. The Morgan fingerprint density at radius 3 is 2.18 bits per heavy atom. The summed E-state index contributed by atoms with van der Waals surface area (Å²) in [7, 11) is -6.05. The van der Waals surface area contributed by atoms with E-state index in [-0.39, 0.29) is 31.3 Å². The molecule has 0 spiro atoms. The lowest BCUT2D eigenvalue weighted by atomic mass is 10.2. The van der Waals surface area contributed by atoms with E-state index in [1.807, 2.05) is 0 Å². The minimum absolute atomic E-state index is 0.222. The smallest absolute Gasteiger partial charge is 0.305 e. The molecule has 1 fully saturated rings. The number of hydrogen-bond donors (Lipinski definition) is 0. The van der Waals surface area contributed by atoms with E-state index >= 15 is 0 Å². The lowest BCUT2D eigenvalue weighted by Gasteiger charge is -2.35. The fourth-order valence-corrected chi connectivity index (χ4v) is 6.41. The summed E-state index contributed by atoms with van der Waals surface area (Å²) in [5.41, 5.74) is -0.110. The van der Waals surface area contributed by atoms with Gasteiger partial charge in [-0.05, 0) is 30.2 Å². The average molecular weight is 573 g/mol. The van der Waals surface area contributed by atoms with E-state index in [0.717, 1.165) is 16.4 Å². The van der Waals surface area contributed by atoms with Crippen LogP contribution < -0.4 is 13.8 Å². The van der Waals surface area contributed by atoms with Crippen LogP contribution in [0.4, 0.5) is 19.0 Å². The number of aromatic nitrogens is 2. The molecule has 10 nitrogen and oxygen atoms in total. The highest BCUT2D eigenvalue weighted by Gasteiger charge is 2.36. The van der Waals surface area contributed by atoms with Crippen LogP contribution >= 0.6 is 0 Å². The van der Waals surface area contributed by atoms with Gasteiger partial charge in [-0.1, -0.05) is 18.2 Å². The summed E-state index contributed by atoms with van der Waals surface area (Å²) in [5.74, 6) is -6.13. The molecule has 2 aromatic carbocycles. The summed E-state index contributed by atoms with van der Waals surface area (Å²) >= 11 is 0. The Hall–Kier alpha value is -3.43. The molecule has 0 unspecified atom stereocenters. The number of rotatable bonds is 10. The molecule has 1 saturated heterocycles. The molecule has 15 heteroatoms. The van der Waals surface area contributed by atoms with E-state index in [1.165, 1.54) is 18.5 Å². The largest absolute Gasteiger partial charge is 0.497 e. The Morgan fingerprint density at radius 2 is 1.61 bits per heavy atom. The Balaban J connectivity index is 1.78. The van der Waals surface area contributed by atoms with Crippen LogP contribution in [0.2, 0.25) is 0 Å². The van der Waals surface area contributed by atoms with E-state index in [4.69, 9.17) is 9.47 Å². The molecule has 3 aromatic rings. The molecule has 4 rings (SSSR count). The molecule has 0 aliphatic carbocycles. The third-order valence-corrected chi connectivity index (χ3v) is 9.10. The molecule has 0 N–H and O–H groups in total. The second-order valence-corrected chi connectivity index (χ2v) is 12.0. The van der Waals surface area contributed by atoms with Crippen molar-refractivity contribution in [1.29, 1.82) is 0 Å². The maximum absolute atomic E-state index is 14.2. The fourth-order valence-electron chi connectivity index (χ4n) is 3.55. The van der Waals surface area contributed by atoms with E-state index in [9.17, 15) is 30.0 Å². The van der Waals surface area contributed by atoms with Crippen LogP contribution in [-0.4, -0.2) is 58.4 Å². The molecule has 1 aromatic heterocycles. The molecular formula is C23H23F3N4O6S2. The molecule has 204 valence electrons. The Kier molecular flexibility index (Phi) is 7.80. The van der Waals surface area contributed by atoms with E-state index < -0.39 is 54.0 Å². The fraction of sp³-hybridized carbons (Fsp3) is 0.304. The van der Waals surface area contributed by atoms with Crippen LogP contribution in [0.5, 0.6) is 11.6 Å². The normalized spacial score (nSPS) is 14.1. The van der Waals surface area contributed by atoms with Gasteiger partial charge < -0.3 is 9.47 Å². The number of nitrogens with zero attached hydrogens (tertiary/aromatic N) is 4. The van der Waals surface area contributed by atoms with Crippen molar-refractivity contribution in [2.75, 3.05) is 31.6 Å². The first-order valence-corrected chi connectivity index (χ1v) is 14.2. The van der Waals surface area contributed by atoms with Gasteiger partial charge in [0.1, 0.15) is 5.75 Å². The highest BCUT2D eigenvalue weighted by Crippen LogP contribution is 2.29. The first-order chi connectivity index (χ1) is 18.0. The lowest BCUT2D eigenvalue weighted by Crippen LogP contribution is -2.50. The highest BCUT2D eigenvalue weighted by molar-refractivity contribution is 7.90. The number of methoxy groups -OCH3 is 2. The van der Waals surface area contributed by atoms with Crippen LogP contribution in [0.15, 0.2) is 47.6 Å². The molecule has 0 atom stereocenters. The van der Waals surface area contributed by atoms with Crippen molar-refractivity contribution in [3.05, 3.63) is 71.0 Å². The van der Waals surface area contributed by atoms with Crippen LogP contribution in [0.25, 0.3) is 0 Å². The van der Waals surface area contributed by atoms with Crippen LogP contribution in [0.3, 0.4) is 0 Å². The number of anilines is 1. The van der Waals surface area contributed by atoms with Crippen LogP contribution in [-0.2, 0) is 32.3 Å². The highest BCUT2D eigenvalue weighted by atomic mass is 32.2. The van der Waals surface area contributed by atoms with Gasteiger partial charge in [0.2, 0.25) is 15.7 Å². The molecule has 0 bridgehead atoms. The zero-order valence-corrected chi connectivity index (χ0v) is 21.9. The minimum Gasteiger partial charge on any atom is -0.497 e. The van der Waals surface area contributed by atoms with Gasteiger partial charge in [-0.2, -0.15) is 22.7 Å². The summed E-state index contributed by atoms with van der Waals surface area (Å²) < 4.78 is 107. The maximum Gasteiger partial charge on any atom is 0.305 e. The Bertz CT molecular complexity index is 1550. The first-order valence-electron chi connectivity index (χ1n) is 11.1. The van der Waals surface area contributed by atoms with Crippen molar-refractivity contribution in [3.63, 3.8) is 0 Å². The molecule has 1 aliphatic heterocycles. The first kappa shape index (κ1) is 27.6. The third kappa shape index (κ3) is 5.54. The van der Waals surface area contributed by atoms with Gasteiger partial charge in [0.15, 0.2) is 23.3 Å². The molecule has 0 saturated carbocycles. The van der Waals surface area contributed by atoms with Crippen molar-refractivity contribution in [2.45, 2.75) is 23.9 Å². The third-order valence-electron chi connectivity index (χ3n) is 5.78. The van der Waals surface area contributed by atoms with Crippen molar-refractivity contribution in [3.8, 4) is 11.6 Å². The van der Waals surface area contributed by atoms with Gasteiger partial charge in [0, 0.05) is 24.7 Å². The van der Waals surface area contributed by atoms with Crippen molar-refractivity contribution < 1.29 is 39.5 Å². The van der Waals surface area contributed by atoms with Gasteiger partial charge in [-0.3, -0.25) is 0 Å². The number of benzene rings is 2. The molecule has 1 aliphatic rings. The van der Waals surface area contributed by atoms with Gasteiger partial charge in [0.25, 0.3) is 5.16 Å². The van der Waals surface area contributed by atoms with Crippen molar-refractivity contribution in [2.24, 2.45) is 0 Å². The van der Waals surface area contributed by atoms with Crippen molar-refractivity contribution in [1.82, 2.24) is 14.3 Å². The Labute approximate surface area is 217 Å². The topological polar surface area (TPSA) is 119 Å². The Morgan fingerprint density at radius 1 is 0.921 bits per heavy atom. The molecule has 2 heterocycles. The number of sulfone groups is 1. The van der Waals surface area contributed by atoms with Crippen molar-refractivity contribution >= 4 is 25.9 Å². The van der Waals surface area contributed by atoms with Gasteiger partial charge in [-0.25, -0.2) is 25.9 Å². The quantitative estimate of drug-likeness (QED) is 0.269. The average Bonchev–Trinajstić information content (AvgIpc) is 2.86. The summed E-state index contributed by atoms with van der Waals surface area (Å²) in [6, 6.07) is 9.08. The van der Waals surface area contributed by atoms with Crippen LogP contribution in [0.1, 0.15) is 17.5 Å². The van der Waals surface area contributed by atoms with E-state index in [0.29, 0.717) is 23.8 Å². The molecule has 0 amide bonds. The summed E-state index contributed by atoms with van der Waals surface area (Å²) in [6.45, 7) is 0.314. The standard InChI is InChI=1S/C23H23F3N4O6S2/c1-35-17-7-4-15(5-8-17)13-30(38(33,34)29-10-3-11-29)19-12-20(36-2)28-23(27-19)37(31,32)14-16-6-9-18(24)22(26)21(16)25/h4-9,12H,3,10-11,13-14H2,1-2H3. The number of halogens is 3. The summed E-state index contributed by atoms with van der Waals surface area (Å²) in [4.78, 5) is 7.78. The second kappa shape index (κ2) is 10.7. The minimum atomic E-state index is -4.58.